The second kappa shape index (κ2) is 10.7. The number of carbonyl (C=O) groups excluding carboxylic acids is 1. The molecule has 1 atom stereocenters. The van der Waals surface area contributed by atoms with Crippen molar-refractivity contribution in [2.75, 3.05) is 0 Å². The van der Waals surface area contributed by atoms with Crippen molar-refractivity contribution in [2.24, 2.45) is 0 Å². The minimum absolute atomic E-state index is 0.0500. The second-order valence-corrected chi connectivity index (χ2v) is 13.6. The number of hydrogen-bond donors (Lipinski definition) is 0. The van der Waals surface area contributed by atoms with E-state index in [1.807, 2.05) is 0 Å². The topological polar surface area (TPSA) is 85.3 Å². The number of carbonyl (C=O) groups is 1. The van der Waals surface area contributed by atoms with Gasteiger partial charge in [0.1, 0.15) is 0 Å². The van der Waals surface area contributed by atoms with E-state index < -0.39 is 51.9 Å². The van der Waals surface area contributed by atoms with Gasteiger partial charge in [0.2, 0.25) is 19.7 Å². The summed E-state index contributed by atoms with van der Waals surface area (Å²) in [5, 5.41) is 0. The van der Waals surface area contributed by atoms with Gasteiger partial charge in [-0.2, -0.15) is 0 Å². The van der Waals surface area contributed by atoms with Crippen LogP contribution in [0.15, 0.2) is 130 Å². The number of Topliss-reactive ketones (excluding diaryl/α,β-unsaturated/α-hetero) is 1. The Labute approximate surface area is 224 Å². The van der Waals surface area contributed by atoms with E-state index >= 15 is 4.39 Å². The smallest absolute Gasteiger partial charge is 0.294 e. The Kier molecular flexibility index (Phi) is 7.77. The zero-order valence-electron chi connectivity index (χ0n) is 19.4. The first kappa shape index (κ1) is 26.9. The number of ketones is 1. The van der Waals surface area contributed by atoms with E-state index in [-0.39, 0.29) is 11.1 Å². The van der Waals surface area contributed by atoms with Crippen LogP contribution >= 0.6 is 15.9 Å². The standard InChI is InChI=1S/C28H22BrFO5S2/c29-23-18-16-21(17-19-23)26(20-27(31)22-10-4-1-5-11-22)28(30,36(32,33)24-12-6-2-7-13-24)37(34,35)25-14-8-3-9-15-25/h1-19,26H,20H2. The Morgan fingerprint density at radius 3 is 1.51 bits per heavy atom. The monoisotopic (exact) mass is 600 g/mol. The van der Waals surface area contributed by atoms with Gasteiger partial charge in [-0.1, -0.05) is 94.8 Å². The molecule has 1 unspecified atom stereocenters. The number of rotatable bonds is 9. The van der Waals surface area contributed by atoms with Gasteiger partial charge in [-0.3, -0.25) is 4.79 Å². The maximum Gasteiger partial charge on any atom is 0.324 e. The molecule has 0 saturated carbocycles. The van der Waals surface area contributed by atoms with E-state index in [9.17, 15) is 21.6 Å². The molecule has 0 amide bonds. The molecule has 0 spiro atoms. The molecular formula is C28H22BrFO5S2. The summed E-state index contributed by atoms with van der Waals surface area (Å²) in [5.74, 6) is -2.48. The van der Waals surface area contributed by atoms with Crippen LogP contribution in [0.3, 0.4) is 0 Å². The number of sulfone groups is 2. The lowest BCUT2D eigenvalue weighted by molar-refractivity contribution is 0.0960. The molecule has 0 aliphatic carbocycles. The van der Waals surface area contributed by atoms with Gasteiger partial charge in [-0.05, 0) is 42.0 Å². The molecule has 5 nitrogen and oxygen atoms in total. The summed E-state index contributed by atoms with van der Waals surface area (Å²) >= 11 is 3.29. The minimum atomic E-state index is -5.21. The van der Waals surface area contributed by atoms with E-state index in [4.69, 9.17) is 0 Å². The lowest BCUT2D eigenvalue weighted by Gasteiger charge is -2.33. The number of alkyl halides is 1. The Bertz CT molecular complexity index is 1520. The lowest BCUT2D eigenvalue weighted by Crippen LogP contribution is -2.48. The average Bonchev–Trinajstić information content (AvgIpc) is 2.93. The summed E-state index contributed by atoms with van der Waals surface area (Å²) in [6.07, 6.45) is -0.708. The summed E-state index contributed by atoms with van der Waals surface area (Å²) in [4.78, 5) is 12.3. The zero-order valence-corrected chi connectivity index (χ0v) is 22.6. The molecule has 0 radical (unpaired) electrons. The SMILES string of the molecule is O=C(CC(c1ccc(Br)cc1)C(F)(S(=O)(=O)c1ccccc1)S(=O)(=O)c1ccccc1)c1ccccc1. The van der Waals surface area contributed by atoms with Crippen LogP contribution in [-0.2, 0) is 19.7 Å². The maximum atomic E-state index is 17.7. The van der Waals surface area contributed by atoms with E-state index in [0.29, 0.717) is 4.47 Å². The van der Waals surface area contributed by atoms with E-state index in [0.717, 1.165) is 24.3 Å². The van der Waals surface area contributed by atoms with Crippen LogP contribution in [-0.4, -0.2) is 27.0 Å². The first-order valence-electron chi connectivity index (χ1n) is 11.2. The Morgan fingerprint density at radius 2 is 1.08 bits per heavy atom. The molecule has 0 fully saturated rings. The van der Waals surface area contributed by atoms with Crippen LogP contribution in [0.4, 0.5) is 4.39 Å². The zero-order chi connectivity index (χ0) is 26.7. The molecule has 0 N–H and O–H groups in total. The Balaban J connectivity index is 2.02. The molecule has 0 aliphatic heterocycles. The van der Waals surface area contributed by atoms with Crippen LogP contribution < -0.4 is 0 Å². The van der Waals surface area contributed by atoms with Gasteiger partial charge in [0.25, 0.3) is 0 Å². The van der Waals surface area contributed by atoms with Crippen LogP contribution in [0.25, 0.3) is 0 Å². The summed E-state index contributed by atoms with van der Waals surface area (Å²) in [7, 11) is -10.4. The average molecular weight is 602 g/mol. The van der Waals surface area contributed by atoms with Gasteiger partial charge in [0.05, 0.1) is 15.7 Å². The van der Waals surface area contributed by atoms with Gasteiger partial charge >= 0.3 is 4.33 Å². The van der Waals surface area contributed by atoms with Crippen LogP contribution in [0.2, 0.25) is 0 Å². The number of hydrogen-bond acceptors (Lipinski definition) is 5. The number of halogens is 2. The van der Waals surface area contributed by atoms with Gasteiger partial charge < -0.3 is 0 Å². The molecule has 0 heterocycles. The quantitative estimate of drug-likeness (QED) is 0.208. The molecule has 0 saturated heterocycles. The summed E-state index contributed by atoms with van der Waals surface area (Å²) in [5.41, 5.74) is 0.259. The van der Waals surface area contributed by atoms with E-state index in [2.05, 4.69) is 15.9 Å². The van der Waals surface area contributed by atoms with E-state index in [1.165, 1.54) is 60.7 Å². The van der Waals surface area contributed by atoms with Crippen LogP contribution in [0.5, 0.6) is 0 Å². The molecule has 9 heteroatoms. The fourth-order valence-corrected chi connectivity index (χ4v) is 8.96. The third-order valence-corrected chi connectivity index (χ3v) is 11.7. The normalized spacial score (nSPS) is 13.1. The van der Waals surface area contributed by atoms with Crippen molar-refractivity contribution in [3.8, 4) is 0 Å². The van der Waals surface area contributed by atoms with E-state index in [1.54, 1.807) is 30.3 Å². The maximum absolute atomic E-state index is 17.7. The highest BCUT2D eigenvalue weighted by molar-refractivity contribution is 9.10. The number of benzene rings is 4. The fraction of sp³-hybridized carbons (Fsp3) is 0.107. The third-order valence-electron chi connectivity index (χ3n) is 6.01. The predicted octanol–water partition coefficient (Wildman–Crippen LogP) is 6.38. The lowest BCUT2D eigenvalue weighted by atomic mass is 9.92. The van der Waals surface area contributed by atoms with Crippen molar-refractivity contribution in [3.63, 3.8) is 0 Å². The van der Waals surface area contributed by atoms with Crippen molar-refractivity contribution in [1.82, 2.24) is 0 Å². The largest absolute Gasteiger partial charge is 0.324 e. The molecule has 190 valence electrons. The van der Waals surface area contributed by atoms with Crippen LogP contribution in [0.1, 0.15) is 28.3 Å². The van der Waals surface area contributed by atoms with Gasteiger partial charge in [-0.15, -0.1) is 0 Å². The van der Waals surface area contributed by atoms with Crippen molar-refractivity contribution >= 4 is 41.4 Å². The Morgan fingerprint density at radius 1 is 0.676 bits per heavy atom. The minimum Gasteiger partial charge on any atom is -0.294 e. The summed E-state index contributed by atoms with van der Waals surface area (Å²) in [6, 6.07) is 27.0. The highest BCUT2D eigenvalue weighted by Gasteiger charge is 2.63. The molecule has 0 aromatic heterocycles. The third kappa shape index (κ3) is 5.03. The molecule has 0 aliphatic rings. The van der Waals surface area contributed by atoms with Gasteiger partial charge in [0.15, 0.2) is 5.78 Å². The van der Waals surface area contributed by atoms with Crippen molar-refractivity contribution in [3.05, 3.63) is 131 Å². The predicted molar refractivity (Wildman–Crippen MR) is 143 cm³/mol. The van der Waals surface area contributed by atoms with Crippen molar-refractivity contribution in [1.29, 1.82) is 0 Å². The van der Waals surface area contributed by atoms with Crippen molar-refractivity contribution < 1.29 is 26.0 Å². The molecular weight excluding hydrogens is 579 g/mol. The van der Waals surface area contributed by atoms with Gasteiger partial charge in [0, 0.05) is 16.5 Å². The summed E-state index contributed by atoms with van der Waals surface area (Å²) in [6.45, 7) is 0. The highest BCUT2D eigenvalue weighted by atomic mass is 79.9. The van der Waals surface area contributed by atoms with Crippen molar-refractivity contribution in [2.45, 2.75) is 26.5 Å². The van der Waals surface area contributed by atoms with Gasteiger partial charge in [-0.25, -0.2) is 21.2 Å². The Hall–Kier alpha value is -3.14. The fourth-order valence-electron chi connectivity index (χ4n) is 4.10. The molecule has 4 aromatic rings. The first-order chi connectivity index (χ1) is 17.6. The summed E-state index contributed by atoms with van der Waals surface area (Å²) < 4.78 is 70.4. The first-order valence-corrected chi connectivity index (χ1v) is 15.0. The molecule has 37 heavy (non-hydrogen) atoms. The second-order valence-electron chi connectivity index (χ2n) is 8.31. The van der Waals surface area contributed by atoms with Crippen LogP contribution in [0, 0.1) is 0 Å². The molecule has 4 rings (SSSR count). The molecule has 0 bridgehead atoms. The molecule has 4 aromatic carbocycles. The highest BCUT2D eigenvalue weighted by Crippen LogP contribution is 2.49.